The fourth-order valence-corrected chi connectivity index (χ4v) is 1.57. The van der Waals surface area contributed by atoms with E-state index >= 15 is 0 Å². The van der Waals surface area contributed by atoms with Crippen molar-refractivity contribution in [2.45, 2.75) is 6.92 Å². The summed E-state index contributed by atoms with van der Waals surface area (Å²) >= 11 is 0. The van der Waals surface area contributed by atoms with Gasteiger partial charge in [-0.15, -0.1) is 0 Å². The van der Waals surface area contributed by atoms with Gasteiger partial charge < -0.3 is 10.7 Å². The molecule has 2 aromatic rings. The Hall–Kier alpha value is -2.07. The summed E-state index contributed by atoms with van der Waals surface area (Å²) in [6.45, 7) is 2.67. The van der Waals surface area contributed by atoms with Gasteiger partial charge in [-0.3, -0.25) is 4.98 Å². The van der Waals surface area contributed by atoms with E-state index in [0.717, 1.165) is 16.5 Å². The lowest BCUT2D eigenvalue weighted by Crippen LogP contribution is -2.25. The van der Waals surface area contributed by atoms with Gasteiger partial charge >= 0.3 is 0 Å². The fraction of sp³-hybridized carbons (Fsp3) is 0.154. The number of fused-ring (bicyclic) bond motifs is 1. The van der Waals surface area contributed by atoms with Crippen LogP contribution in [-0.2, 0) is 0 Å². The molecule has 0 aliphatic rings. The second-order valence-corrected chi connectivity index (χ2v) is 3.83. The number of aromatic nitrogens is 1. The predicted octanol–water partition coefficient (Wildman–Crippen LogP) is 1.69. The maximum absolute atomic E-state index is 5.96. The van der Waals surface area contributed by atoms with Crippen LogP contribution in [0.15, 0.2) is 42.7 Å². The number of hydrogen-bond donors (Lipinski definition) is 2. The van der Waals surface area contributed by atoms with E-state index in [1.807, 2.05) is 37.3 Å². The van der Waals surface area contributed by atoms with Gasteiger partial charge in [-0.1, -0.05) is 18.2 Å². The van der Waals surface area contributed by atoms with Gasteiger partial charge in [0.25, 0.3) is 0 Å². The Kier molecular flexibility index (Phi) is 3.25. The Morgan fingerprint density at radius 1 is 1.41 bits per heavy atom. The molecule has 0 radical (unpaired) electrons. The number of para-hydroxylation sites is 1. The predicted molar refractivity (Wildman–Crippen MR) is 70.5 cm³/mol. The average molecular weight is 228 g/mol. The van der Waals surface area contributed by atoms with Gasteiger partial charge in [0.15, 0.2) is 0 Å². The largest absolute Gasteiger partial charge is 0.397 e. The summed E-state index contributed by atoms with van der Waals surface area (Å²) < 4.78 is 0. The SMILES string of the molecule is CCN(N)/C=C(\N)c1cnc2ccccc2c1. The minimum atomic E-state index is 0.618. The quantitative estimate of drug-likeness (QED) is 0.619. The Balaban J connectivity index is 2.39. The normalized spacial score (nSPS) is 11.8. The highest BCUT2D eigenvalue weighted by Gasteiger charge is 2.01. The second-order valence-electron chi connectivity index (χ2n) is 3.83. The molecule has 0 aliphatic carbocycles. The van der Waals surface area contributed by atoms with Gasteiger partial charge in [-0.05, 0) is 19.1 Å². The first-order valence-corrected chi connectivity index (χ1v) is 5.54. The molecule has 1 heterocycles. The van der Waals surface area contributed by atoms with Crippen LogP contribution in [0, 0.1) is 0 Å². The molecule has 17 heavy (non-hydrogen) atoms. The lowest BCUT2D eigenvalue weighted by atomic mass is 10.1. The summed E-state index contributed by atoms with van der Waals surface area (Å²) in [4.78, 5) is 4.36. The molecule has 0 saturated carbocycles. The summed E-state index contributed by atoms with van der Waals surface area (Å²) in [5, 5.41) is 2.62. The van der Waals surface area contributed by atoms with Gasteiger partial charge in [-0.2, -0.15) is 0 Å². The molecule has 88 valence electrons. The van der Waals surface area contributed by atoms with E-state index in [2.05, 4.69) is 4.98 Å². The van der Waals surface area contributed by atoms with E-state index in [-0.39, 0.29) is 0 Å². The number of hydrazine groups is 1. The molecule has 0 fully saturated rings. The van der Waals surface area contributed by atoms with Crippen LogP contribution in [0.2, 0.25) is 0 Å². The molecular formula is C13H16N4. The zero-order valence-corrected chi connectivity index (χ0v) is 9.80. The van der Waals surface area contributed by atoms with Gasteiger partial charge in [0.2, 0.25) is 0 Å². The number of benzene rings is 1. The average Bonchev–Trinajstić information content (AvgIpc) is 2.38. The Morgan fingerprint density at radius 3 is 2.94 bits per heavy atom. The zero-order valence-electron chi connectivity index (χ0n) is 9.80. The molecule has 4 N–H and O–H groups in total. The third-order valence-corrected chi connectivity index (χ3v) is 2.59. The van der Waals surface area contributed by atoms with Crippen molar-refractivity contribution < 1.29 is 0 Å². The van der Waals surface area contributed by atoms with E-state index in [9.17, 15) is 0 Å². The maximum atomic E-state index is 5.96. The first-order chi connectivity index (χ1) is 8.20. The maximum Gasteiger partial charge on any atom is 0.0702 e. The van der Waals surface area contributed by atoms with E-state index < -0.39 is 0 Å². The van der Waals surface area contributed by atoms with Crippen molar-refractivity contribution in [2.24, 2.45) is 11.6 Å². The molecule has 0 aliphatic heterocycles. The van der Waals surface area contributed by atoms with Crippen LogP contribution in [-0.4, -0.2) is 16.5 Å². The van der Waals surface area contributed by atoms with Crippen molar-refractivity contribution in [3.8, 4) is 0 Å². The molecule has 0 spiro atoms. The first-order valence-electron chi connectivity index (χ1n) is 5.54. The van der Waals surface area contributed by atoms with Gasteiger partial charge in [0.1, 0.15) is 0 Å². The zero-order chi connectivity index (χ0) is 12.3. The molecule has 0 bridgehead atoms. The smallest absolute Gasteiger partial charge is 0.0702 e. The molecule has 0 unspecified atom stereocenters. The van der Waals surface area contributed by atoms with Crippen molar-refractivity contribution in [3.63, 3.8) is 0 Å². The molecular weight excluding hydrogens is 212 g/mol. The molecule has 0 atom stereocenters. The van der Waals surface area contributed by atoms with Crippen molar-refractivity contribution in [2.75, 3.05) is 6.54 Å². The van der Waals surface area contributed by atoms with Crippen LogP contribution in [0.5, 0.6) is 0 Å². The molecule has 1 aromatic heterocycles. The summed E-state index contributed by atoms with van der Waals surface area (Å²) in [5.74, 6) is 5.68. The van der Waals surface area contributed by atoms with Crippen molar-refractivity contribution in [1.29, 1.82) is 0 Å². The van der Waals surface area contributed by atoms with Crippen LogP contribution in [0.25, 0.3) is 16.6 Å². The van der Waals surface area contributed by atoms with E-state index in [4.69, 9.17) is 11.6 Å². The molecule has 4 nitrogen and oxygen atoms in total. The molecule has 4 heteroatoms. The van der Waals surface area contributed by atoms with Crippen LogP contribution < -0.4 is 11.6 Å². The summed E-state index contributed by atoms with van der Waals surface area (Å²) in [6, 6.07) is 9.94. The lowest BCUT2D eigenvalue weighted by Gasteiger charge is -2.12. The number of nitrogens with two attached hydrogens (primary N) is 2. The first kappa shape index (κ1) is 11.4. The van der Waals surface area contributed by atoms with E-state index in [1.165, 1.54) is 0 Å². The minimum absolute atomic E-state index is 0.618. The monoisotopic (exact) mass is 228 g/mol. The highest BCUT2D eigenvalue weighted by atomic mass is 15.4. The third-order valence-electron chi connectivity index (χ3n) is 2.59. The van der Waals surface area contributed by atoms with Crippen molar-refractivity contribution >= 4 is 16.6 Å². The van der Waals surface area contributed by atoms with Gasteiger partial charge in [0, 0.05) is 29.9 Å². The second kappa shape index (κ2) is 4.84. The molecule has 0 saturated heterocycles. The van der Waals surface area contributed by atoms with Crippen LogP contribution in [0.3, 0.4) is 0 Å². The standard InChI is InChI=1S/C13H16N4/c1-2-17(15)9-12(14)11-7-10-5-3-4-6-13(10)16-8-11/h3-9H,2,14-15H2,1H3/b12-9-. The molecule has 2 rings (SSSR count). The van der Waals surface area contributed by atoms with E-state index in [0.29, 0.717) is 12.2 Å². The molecule has 1 aromatic carbocycles. The van der Waals surface area contributed by atoms with Crippen LogP contribution in [0.4, 0.5) is 0 Å². The highest BCUT2D eigenvalue weighted by Crippen LogP contribution is 2.16. The highest BCUT2D eigenvalue weighted by molar-refractivity contribution is 5.81. The van der Waals surface area contributed by atoms with Gasteiger partial charge in [-0.25, -0.2) is 5.84 Å². The number of pyridine rings is 1. The van der Waals surface area contributed by atoms with E-state index in [1.54, 1.807) is 17.4 Å². The number of nitrogens with zero attached hydrogens (tertiary/aromatic N) is 2. The third kappa shape index (κ3) is 2.54. The minimum Gasteiger partial charge on any atom is -0.397 e. The summed E-state index contributed by atoms with van der Waals surface area (Å²) in [5.41, 5.74) is 8.42. The summed E-state index contributed by atoms with van der Waals surface area (Å²) in [7, 11) is 0. The van der Waals surface area contributed by atoms with Crippen LogP contribution in [0.1, 0.15) is 12.5 Å². The summed E-state index contributed by atoms with van der Waals surface area (Å²) in [6.07, 6.45) is 3.48. The number of rotatable bonds is 3. The van der Waals surface area contributed by atoms with Crippen molar-refractivity contribution in [3.05, 3.63) is 48.3 Å². The Bertz CT molecular complexity index is 548. The Morgan fingerprint density at radius 2 is 2.18 bits per heavy atom. The van der Waals surface area contributed by atoms with Crippen molar-refractivity contribution in [1.82, 2.24) is 9.99 Å². The van der Waals surface area contributed by atoms with Crippen LogP contribution >= 0.6 is 0 Å². The Labute approximate surface area is 101 Å². The lowest BCUT2D eigenvalue weighted by molar-refractivity contribution is 0.418. The topological polar surface area (TPSA) is 68.2 Å². The van der Waals surface area contributed by atoms with Gasteiger partial charge in [0.05, 0.1) is 11.2 Å². The number of hydrogen-bond acceptors (Lipinski definition) is 4. The molecule has 0 amide bonds. The fourth-order valence-electron chi connectivity index (χ4n) is 1.57.